The lowest BCUT2D eigenvalue weighted by atomic mass is 9.86. The molecule has 1 amide bonds. The molecule has 2 aliphatic rings. The summed E-state index contributed by atoms with van der Waals surface area (Å²) >= 11 is 0. The highest BCUT2D eigenvalue weighted by Crippen LogP contribution is 2.40. The van der Waals surface area contributed by atoms with E-state index in [1.165, 1.54) is 0 Å². The highest BCUT2D eigenvalue weighted by molar-refractivity contribution is 5.86. The Hall–Kier alpha value is -1.08. The molecule has 2 rings (SSSR count). The van der Waals surface area contributed by atoms with Crippen molar-refractivity contribution in [1.82, 2.24) is 4.90 Å². The van der Waals surface area contributed by atoms with Crippen LogP contribution in [0.4, 0.5) is 0 Å². The number of likely N-dealkylation sites (tertiary alicyclic amines) is 1. The van der Waals surface area contributed by atoms with E-state index < -0.39 is 5.41 Å². The summed E-state index contributed by atoms with van der Waals surface area (Å²) in [5, 5.41) is 18.2. The van der Waals surface area contributed by atoms with Crippen LogP contribution in [-0.4, -0.2) is 35.6 Å². The molecule has 2 fully saturated rings. The van der Waals surface area contributed by atoms with Crippen LogP contribution in [0.1, 0.15) is 38.5 Å². The fourth-order valence-electron chi connectivity index (χ4n) is 3.09. The topological polar surface area (TPSA) is 64.3 Å². The fraction of sp³-hybridized carbons (Fsp3) is 0.846. The number of carbonyl (C=O) groups excluding carboxylic acids is 1. The summed E-state index contributed by atoms with van der Waals surface area (Å²) in [4.78, 5) is 14.2. The number of nitrogens with zero attached hydrogens (tertiary/aromatic N) is 2. The molecule has 1 heterocycles. The third-order valence-corrected chi connectivity index (χ3v) is 4.19. The quantitative estimate of drug-likeness (QED) is 0.803. The van der Waals surface area contributed by atoms with Crippen molar-refractivity contribution in [1.29, 1.82) is 5.26 Å². The van der Waals surface area contributed by atoms with E-state index in [-0.39, 0.29) is 12.5 Å². The molecule has 0 aromatic carbocycles. The van der Waals surface area contributed by atoms with Crippen molar-refractivity contribution in [3.8, 4) is 6.07 Å². The highest BCUT2D eigenvalue weighted by Gasteiger charge is 2.45. The van der Waals surface area contributed by atoms with Crippen LogP contribution >= 0.6 is 0 Å². The maximum Gasteiger partial charge on any atom is 0.243 e. The molecule has 17 heavy (non-hydrogen) atoms. The molecular weight excluding hydrogens is 216 g/mol. The molecule has 0 aromatic rings. The van der Waals surface area contributed by atoms with Crippen molar-refractivity contribution < 1.29 is 9.90 Å². The van der Waals surface area contributed by atoms with Crippen molar-refractivity contribution in [2.24, 2.45) is 11.3 Å². The molecule has 0 spiro atoms. The lowest BCUT2D eigenvalue weighted by Crippen LogP contribution is -2.40. The number of amides is 1. The van der Waals surface area contributed by atoms with Gasteiger partial charge in [0.25, 0.3) is 0 Å². The van der Waals surface area contributed by atoms with E-state index in [4.69, 9.17) is 5.11 Å². The first-order chi connectivity index (χ1) is 8.22. The number of hydrogen-bond donors (Lipinski definition) is 1. The van der Waals surface area contributed by atoms with Gasteiger partial charge in [-0.05, 0) is 31.6 Å². The zero-order valence-electron chi connectivity index (χ0n) is 10.2. The standard InChI is InChI=1S/C13H20N2O2/c14-10-13(5-1-2-6-13)12(17)15-7-3-11(9-15)4-8-16/h11,16H,1-9H2. The van der Waals surface area contributed by atoms with E-state index in [1.54, 1.807) is 0 Å². The van der Waals surface area contributed by atoms with E-state index in [0.29, 0.717) is 5.92 Å². The lowest BCUT2D eigenvalue weighted by Gasteiger charge is -2.26. The Morgan fingerprint density at radius 2 is 2.18 bits per heavy atom. The Morgan fingerprint density at radius 3 is 2.76 bits per heavy atom. The number of nitriles is 1. The molecule has 0 radical (unpaired) electrons. The Kier molecular flexibility index (Phi) is 3.68. The summed E-state index contributed by atoms with van der Waals surface area (Å²) < 4.78 is 0. The normalized spacial score (nSPS) is 27.1. The first-order valence-corrected chi connectivity index (χ1v) is 6.53. The number of rotatable bonds is 3. The van der Waals surface area contributed by atoms with Gasteiger partial charge < -0.3 is 10.0 Å². The summed E-state index contributed by atoms with van der Waals surface area (Å²) in [5.41, 5.74) is -0.728. The van der Waals surface area contributed by atoms with Crippen LogP contribution in [0.5, 0.6) is 0 Å². The Bertz CT molecular complexity index is 329. The molecule has 94 valence electrons. The predicted octanol–water partition coefficient (Wildman–Crippen LogP) is 1.30. The predicted molar refractivity (Wildman–Crippen MR) is 62.9 cm³/mol. The van der Waals surface area contributed by atoms with Crippen LogP contribution in [0.2, 0.25) is 0 Å². The Balaban J connectivity index is 1.99. The van der Waals surface area contributed by atoms with Gasteiger partial charge >= 0.3 is 0 Å². The molecular formula is C13H20N2O2. The minimum absolute atomic E-state index is 0.0398. The summed E-state index contributed by atoms with van der Waals surface area (Å²) in [7, 11) is 0. The second-order valence-corrected chi connectivity index (χ2v) is 5.32. The Labute approximate surface area is 102 Å². The summed E-state index contributed by atoms with van der Waals surface area (Å²) in [6, 6.07) is 2.26. The summed E-state index contributed by atoms with van der Waals surface area (Å²) in [5.74, 6) is 0.457. The van der Waals surface area contributed by atoms with Crippen LogP contribution in [0.15, 0.2) is 0 Å². The third kappa shape index (κ3) is 2.30. The van der Waals surface area contributed by atoms with E-state index in [9.17, 15) is 10.1 Å². The molecule has 1 aliphatic carbocycles. The summed E-state index contributed by atoms with van der Waals surface area (Å²) in [6.45, 7) is 1.67. The van der Waals surface area contributed by atoms with Gasteiger partial charge in [-0.25, -0.2) is 0 Å². The number of aliphatic hydroxyl groups is 1. The van der Waals surface area contributed by atoms with Crippen molar-refractivity contribution in [2.75, 3.05) is 19.7 Å². The molecule has 1 N–H and O–H groups in total. The zero-order chi connectivity index (χ0) is 12.3. The molecule has 1 saturated heterocycles. The first kappa shape index (κ1) is 12.4. The molecule has 4 heteroatoms. The molecule has 0 aromatic heterocycles. The van der Waals surface area contributed by atoms with Crippen molar-refractivity contribution in [3.63, 3.8) is 0 Å². The lowest BCUT2D eigenvalue weighted by molar-refractivity contribution is -0.137. The largest absolute Gasteiger partial charge is 0.396 e. The highest BCUT2D eigenvalue weighted by atomic mass is 16.3. The molecule has 1 saturated carbocycles. The van der Waals surface area contributed by atoms with Gasteiger partial charge in [-0.3, -0.25) is 4.79 Å². The van der Waals surface area contributed by atoms with Crippen LogP contribution in [0.3, 0.4) is 0 Å². The van der Waals surface area contributed by atoms with E-state index in [1.807, 2.05) is 4.90 Å². The van der Waals surface area contributed by atoms with Crippen LogP contribution in [0, 0.1) is 22.7 Å². The van der Waals surface area contributed by atoms with E-state index in [2.05, 4.69) is 6.07 Å². The first-order valence-electron chi connectivity index (χ1n) is 6.53. The number of carbonyl (C=O) groups is 1. The van der Waals surface area contributed by atoms with Gasteiger partial charge in [0, 0.05) is 19.7 Å². The minimum atomic E-state index is -0.728. The van der Waals surface area contributed by atoms with Crippen molar-refractivity contribution in [2.45, 2.75) is 38.5 Å². The second kappa shape index (κ2) is 5.05. The van der Waals surface area contributed by atoms with E-state index in [0.717, 1.165) is 51.6 Å². The van der Waals surface area contributed by atoms with Crippen LogP contribution in [0.25, 0.3) is 0 Å². The maximum atomic E-state index is 12.4. The average Bonchev–Trinajstić information content (AvgIpc) is 2.98. The maximum absolute atomic E-state index is 12.4. The smallest absolute Gasteiger partial charge is 0.243 e. The van der Waals surface area contributed by atoms with Gasteiger partial charge in [0.2, 0.25) is 5.91 Å². The molecule has 4 nitrogen and oxygen atoms in total. The monoisotopic (exact) mass is 236 g/mol. The average molecular weight is 236 g/mol. The van der Waals surface area contributed by atoms with Gasteiger partial charge in [0.15, 0.2) is 0 Å². The molecule has 1 unspecified atom stereocenters. The SMILES string of the molecule is N#CC1(C(=O)N2CCC(CCO)C2)CCCC1. The molecule has 0 bridgehead atoms. The Morgan fingerprint density at radius 1 is 1.47 bits per heavy atom. The van der Waals surface area contributed by atoms with Gasteiger partial charge in [0.1, 0.15) is 5.41 Å². The molecule has 1 aliphatic heterocycles. The van der Waals surface area contributed by atoms with Crippen molar-refractivity contribution >= 4 is 5.91 Å². The van der Waals surface area contributed by atoms with Gasteiger partial charge in [0.05, 0.1) is 6.07 Å². The van der Waals surface area contributed by atoms with Crippen LogP contribution < -0.4 is 0 Å². The van der Waals surface area contributed by atoms with Gasteiger partial charge in [-0.1, -0.05) is 12.8 Å². The van der Waals surface area contributed by atoms with Crippen LogP contribution in [-0.2, 0) is 4.79 Å². The molecule has 1 atom stereocenters. The zero-order valence-corrected chi connectivity index (χ0v) is 10.2. The van der Waals surface area contributed by atoms with Crippen molar-refractivity contribution in [3.05, 3.63) is 0 Å². The van der Waals surface area contributed by atoms with Gasteiger partial charge in [-0.2, -0.15) is 5.26 Å². The van der Waals surface area contributed by atoms with E-state index >= 15 is 0 Å². The second-order valence-electron chi connectivity index (χ2n) is 5.32. The number of aliphatic hydroxyl groups excluding tert-OH is 1. The minimum Gasteiger partial charge on any atom is -0.396 e. The van der Waals surface area contributed by atoms with Gasteiger partial charge in [-0.15, -0.1) is 0 Å². The number of hydrogen-bond acceptors (Lipinski definition) is 3. The third-order valence-electron chi connectivity index (χ3n) is 4.19. The fourth-order valence-corrected chi connectivity index (χ4v) is 3.09. The summed E-state index contributed by atoms with van der Waals surface area (Å²) in [6.07, 6.45) is 5.17.